The van der Waals surface area contributed by atoms with Crippen molar-refractivity contribution in [2.45, 2.75) is 6.92 Å². The van der Waals surface area contributed by atoms with E-state index in [9.17, 15) is 13.2 Å². The number of halogens is 3. The van der Waals surface area contributed by atoms with Gasteiger partial charge in [0.05, 0.1) is 0 Å². The Morgan fingerprint density at radius 2 is 1.23 bits per heavy atom. The van der Waals surface area contributed by atoms with Crippen molar-refractivity contribution >= 4 is 0 Å². The van der Waals surface area contributed by atoms with Crippen LogP contribution in [0.3, 0.4) is 0 Å². The summed E-state index contributed by atoms with van der Waals surface area (Å²) in [5.41, 5.74) is 3.00. The van der Waals surface area contributed by atoms with Crippen LogP contribution >= 0.6 is 0 Å². The molecule has 0 aliphatic rings. The molecule has 1 heterocycles. The van der Waals surface area contributed by atoms with Crippen molar-refractivity contribution in [2.24, 2.45) is 0 Å². The van der Waals surface area contributed by atoms with Crippen LogP contribution in [-0.4, -0.2) is 4.98 Å². The summed E-state index contributed by atoms with van der Waals surface area (Å²) in [6.07, 6.45) is 1.42. The fourth-order valence-electron chi connectivity index (χ4n) is 2.44. The molecule has 0 N–H and O–H groups in total. The monoisotopic (exact) mass is 299 g/mol. The van der Waals surface area contributed by atoms with Gasteiger partial charge in [-0.25, -0.2) is 13.8 Å². The molecule has 0 bridgehead atoms. The van der Waals surface area contributed by atoms with Crippen molar-refractivity contribution < 1.29 is 13.2 Å². The zero-order chi connectivity index (χ0) is 15.7. The normalized spacial score (nSPS) is 10.7. The summed E-state index contributed by atoms with van der Waals surface area (Å²) in [5.74, 6) is -1.34. The highest BCUT2D eigenvalue weighted by molar-refractivity contribution is 5.77. The molecular formula is C18H12F3N. The lowest BCUT2D eigenvalue weighted by atomic mass is 9.95. The molecule has 0 amide bonds. The van der Waals surface area contributed by atoms with Gasteiger partial charge in [0.25, 0.3) is 0 Å². The SMILES string of the molecule is Cc1c(-c2ccc(F)cc2)cnc(F)c1-c1ccc(F)cc1. The number of pyridine rings is 1. The molecule has 110 valence electrons. The minimum atomic E-state index is -0.616. The predicted molar refractivity (Wildman–Crippen MR) is 79.7 cm³/mol. The van der Waals surface area contributed by atoms with Gasteiger partial charge in [-0.3, -0.25) is 0 Å². The lowest BCUT2D eigenvalue weighted by molar-refractivity contribution is 0.586. The number of rotatable bonds is 2. The first-order chi connectivity index (χ1) is 10.6. The van der Waals surface area contributed by atoms with Crippen molar-refractivity contribution in [1.82, 2.24) is 4.98 Å². The van der Waals surface area contributed by atoms with Crippen LogP contribution in [0.1, 0.15) is 5.56 Å². The Balaban J connectivity index is 2.17. The van der Waals surface area contributed by atoms with E-state index < -0.39 is 5.95 Å². The minimum Gasteiger partial charge on any atom is -0.227 e. The molecule has 0 atom stereocenters. The molecule has 0 saturated carbocycles. The van der Waals surface area contributed by atoms with Crippen LogP contribution in [-0.2, 0) is 0 Å². The standard InChI is InChI=1S/C18H12F3N/c1-11-16(12-2-6-14(19)7-3-12)10-22-18(21)17(11)13-4-8-15(20)9-5-13/h2-10H,1H3. The van der Waals surface area contributed by atoms with Gasteiger partial charge in [0.15, 0.2) is 0 Å². The number of hydrogen-bond acceptors (Lipinski definition) is 1. The van der Waals surface area contributed by atoms with Gasteiger partial charge in [-0.2, -0.15) is 4.39 Å². The average molecular weight is 299 g/mol. The summed E-state index contributed by atoms with van der Waals surface area (Å²) >= 11 is 0. The molecule has 22 heavy (non-hydrogen) atoms. The van der Waals surface area contributed by atoms with Crippen LogP contribution < -0.4 is 0 Å². The summed E-state index contributed by atoms with van der Waals surface area (Å²) in [5, 5.41) is 0. The van der Waals surface area contributed by atoms with Gasteiger partial charge in [0.2, 0.25) is 5.95 Å². The summed E-state index contributed by atoms with van der Waals surface area (Å²) in [6, 6.07) is 11.5. The Morgan fingerprint density at radius 1 is 0.727 bits per heavy atom. The fourth-order valence-corrected chi connectivity index (χ4v) is 2.44. The molecular weight excluding hydrogens is 287 g/mol. The first kappa shape index (κ1) is 14.3. The van der Waals surface area contributed by atoms with Crippen LogP contribution in [0.15, 0.2) is 54.7 Å². The molecule has 1 nitrogen and oxygen atoms in total. The molecule has 2 aromatic carbocycles. The third-order valence-corrected chi connectivity index (χ3v) is 3.58. The molecule has 0 aliphatic heterocycles. The van der Waals surface area contributed by atoms with Crippen molar-refractivity contribution in [3.63, 3.8) is 0 Å². The maximum absolute atomic E-state index is 14.1. The third-order valence-electron chi connectivity index (χ3n) is 3.58. The van der Waals surface area contributed by atoms with Crippen LogP contribution in [0, 0.1) is 24.5 Å². The molecule has 3 rings (SSSR count). The molecule has 1 aromatic heterocycles. The Kier molecular flexibility index (Phi) is 3.67. The van der Waals surface area contributed by atoms with E-state index in [1.54, 1.807) is 19.1 Å². The van der Waals surface area contributed by atoms with E-state index >= 15 is 0 Å². The molecule has 3 aromatic rings. The number of nitrogens with zero attached hydrogens (tertiary/aromatic N) is 1. The summed E-state index contributed by atoms with van der Waals surface area (Å²) in [6.45, 7) is 1.77. The van der Waals surface area contributed by atoms with Crippen molar-refractivity contribution in [1.29, 1.82) is 0 Å². The predicted octanol–water partition coefficient (Wildman–Crippen LogP) is 5.14. The second-order valence-electron chi connectivity index (χ2n) is 4.98. The second kappa shape index (κ2) is 5.64. The zero-order valence-electron chi connectivity index (χ0n) is 11.8. The van der Waals surface area contributed by atoms with Crippen LogP contribution in [0.25, 0.3) is 22.3 Å². The van der Waals surface area contributed by atoms with E-state index in [4.69, 9.17) is 0 Å². The van der Waals surface area contributed by atoms with E-state index in [1.807, 2.05) is 0 Å². The minimum absolute atomic E-state index is 0.321. The first-order valence-electron chi connectivity index (χ1n) is 6.73. The van der Waals surface area contributed by atoms with E-state index in [-0.39, 0.29) is 11.6 Å². The van der Waals surface area contributed by atoms with E-state index in [1.165, 1.54) is 42.6 Å². The van der Waals surface area contributed by atoms with Gasteiger partial charge in [0.1, 0.15) is 11.6 Å². The van der Waals surface area contributed by atoms with Crippen LogP contribution in [0.4, 0.5) is 13.2 Å². The molecule has 0 aliphatic carbocycles. The second-order valence-corrected chi connectivity index (χ2v) is 4.98. The molecule has 0 unspecified atom stereocenters. The summed E-state index contributed by atoms with van der Waals surface area (Å²) in [7, 11) is 0. The highest BCUT2D eigenvalue weighted by Crippen LogP contribution is 2.32. The van der Waals surface area contributed by atoms with Crippen molar-refractivity contribution in [3.05, 3.63) is 77.9 Å². The number of benzene rings is 2. The first-order valence-corrected chi connectivity index (χ1v) is 6.73. The third kappa shape index (κ3) is 2.60. The van der Waals surface area contributed by atoms with E-state index in [2.05, 4.69) is 4.98 Å². The number of hydrogen-bond donors (Lipinski definition) is 0. The lowest BCUT2D eigenvalue weighted by Crippen LogP contribution is -1.96. The zero-order valence-corrected chi connectivity index (χ0v) is 11.8. The van der Waals surface area contributed by atoms with E-state index in [0.717, 1.165) is 5.56 Å². The van der Waals surface area contributed by atoms with Gasteiger partial charge in [-0.05, 0) is 47.9 Å². The van der Waals surface area contributed by atoms with Gasteiger partial charge >= 0.3 is 0 Å². The molecule has 0 spiro atoms. The largest absolute Gasteiger partial charge is 0.227 e. The quantitative estimate of drug-likeness (QED) is 0.597. The van der Waals surface area contributed by atoms with Crippen molar-refractivity contribution in [2.75, 3.05) is 0 Å². The average Bonchev–Trinajstić information content (AvgIpc) is 2.51. The van der Waals surface area contributed by atoms with Gasteiger partial charge < -0.3 is 0 Å². The van der Waals surface area contributed by atoms with Gasteiger partial charge in [-0.1, -0.05) is 24.3 Å². The summed E-state index contributed by atoms with van der Waals surface area (Å²) in [4.78, 5) is 3.78. The van der Waals surface area contributed by atoms with E-state index in [0.29, 0.717) is 22.3 Å². The van der Waals surface area contributed by atoms with Gasteiger partial charge in [-0.15, -0.1) is 0 Å². The Bertz CT molecular complexity index is 809. The smallest absolute Gasteiger partial charge is 0.221 e. The highest BCUT2D eigenvalue weighted by atomic mass is 19.1. The molecule has 0 saturated heterocycles. The summed E-state index contributed by atoms with van der Waals surface area (Å²) < 4.78 is 40.2. The Morgan fingerprint density at radius 3 is 1.77 bits per heavy atom. The van der Waals surface area contributed by atoms with Gasteiger partial charge in [0, 0.05) is 17.3 Å². The topological polar surface area (TPSA) is 12.9 Å². The Labute approximate surface area is 126 Å². The number of aromatic nitrogens is 1. The maximum atomic E-state index is 14.1. The molecule has 4 heteroatoms. The Hall–Kier alpha value is -2.62. The van der Waals surface area contributed by atoms with Crippen LogP contribution in [0.2, 0.25) is 0 Å². The van der Waals surface area contributed by atoms with Crippen molar-refractivity contribution in [3.8, 4) is 22.3 Å². The fraction of sp³-hybridized carbons (Fsp3) is 0.0556. The van der Waals surface area contributed by atoms with Crippen LogP contribution in [0.5, 0.6) is 0 Å². The lowest BCUT2D eigenvalue weighted by Gasteiger charge is -2.12. The molecule has 0 fully saturated rings. The maximum Gasteiger partial charge on any atom is 0.221 e. The highest BCUT2D eigenvalue weighted by Gasteiger charge is 2.14. The molecule has 0 radical (unpaired) electrons.